The number of aromatic nitrogens is 1. The predicted octanol–water partition coefficient (Wildman–Crippen LogP) is 4.71. The van der Waals surface area contributed by atoms with Crippen molar-refractivity contribution in [3.8, 4) is 0 Å². The molecule has 3 heterocycles. The van der Waals surface area contributed by atoms with Crippen LogP contribution in [0.2, 0.25) is 5.02 Å². The van der Waals surface area contributed by atoms with Gasteiger partial charge in [0, 0.05) is 19.3 Å². The third-order valence-corrected chi connectivity index (χ3v) is 6.44. The fourth-order valence-corrected chi connectivity index (χ4v) is 4.72. The number of carbonyl (C=O) groups is 2. The van der Waals surface area contributed by atoms with Crippen LogP contribution < -0.4 is 10.4 Å². The van der Waals surface area contributed by atoms with E-state index in [1.54, 1.807) is 5.06 Å². The molecule has 0 aliphatic carbocycles. The first-order valence-corrected chi connectivity index (χ1v) is 11.5. The molecule has 0 spiro atoms. The van der Waals surface area contributed by atoms with Crippen molar-refractivity contribution in [2.75, 3.05) is 23.5 Å². The minimum absolute atomic E-state index is 0.0256. The monoisotopic (exact) mass is 516 g/mol. The number of hydrogen-bond acceptors (Lipinski definition) is 6. The molecule has 2 fully saturated rings. The molecule has 11 heteroatoms. The lowest BCUT2D eigenvalue weighted by Gasteiger charge is -2.28. The molecule has 2 aliphatic rings. The summed E-state index contributed by atoms with van der Waals surface area (Å²) < 4.78 is 38.5. The van der Waals surface area contributed by atoms with Crippen molar-refractivity contribution in [2.45, 2.75) is 18.3 Å². The number of halogens is 4. The maximum Gasteiger partial charge on any atom is 0.417 e. The Morgan fingerprint density at radius 3 is 2.31 bits per heavy atom. The van der Waals surface area contributed by atoms with Crippen molar-refractivity contribution in [3.05, 3.63) is 89.1 Å². The number of imide groups is 1. The van der Waals surface area contributed by atoms with E-state index in [0.717, 1.165) is 22.2 Å². The number of hydrogen-bond donors (Lipinski definition) is 1. The lowest BCUT2D eigenvalue weighted by molar-refractivity contribution is -0.143. The van der Waals surface area contributed by atoms with Gasteiger partial charge in [0.15, 0.2) is 6.10 Å². The topological polar surface area (TPSA) is 74.8 Å². The SMILES string of the molecule is O=C1[C@H]2[C@@H](c3ccccc3)N(c3ccccc3)O[C@H]2C(=O)N1CCNc1ncc(C(F)(F)F)cc1Cl. The van der Waals surface area contributed by atoms with E-state index in [2.05, 4.69) is 10.3 Å². The number of para-hydroxylation sites is 1. The zero-order valence-corrected chi connectivity index (χ0v) is 19.4. The molecule has 0 radical (unpaired) electrons. The maximum atomic E-state index is 13.4. The molecule has 0 bridgehead atoms. The Morgan fingerprint density at radius 2 is 1.67 bits per heavy atom. The number of pyridine rings is 1. The first-order chi connectivity index (χ1) is 17.3. The zero-order chi connectivity index (χ0) is 25.4. The molecular formula is C25H20ClF3N4O3. The number of alkyl halides is 3. The van der Waals surface area contributed by atoms with Crippen LogP contribution in [0.15, 0.2) is 72.9 Å². The van der Waals surface area contributed by atoms with Crippen LogP contribution in [0.4, 0.5) is 24.7 Å². The van der Waals surface area contributed by atoms with Gasteiger partial charge in [0.05, 0.1) is 22.3 Å². The Morgan fingerprint density at radius 1 is 1.00 bits per heavy atom. The van der Waals surface area contributed by atoms with Crippen molar-refractivity contribution in [1.82, 2.24) is 9.88 Å². The highest BCUT2D eigenvalue weighted by molar-refractivity contribution is 6.33. The number of rotatable bonds is 6. The quantitative estimate of drug-likeness (QED) is 0.478. The van der Waals surface area contributed by atoms with Gasteiger partial charge >= 0.3 is 6.18 Å². The van der Waals surface area contributed by atoms with Gasteiger partial charge in [-0.3, -0.25) is 19.3 Å². The highest BCUT2D eigenvalue weighted by Gasteiger charge is 2.59. The molecule has 5 rings (SSSR count). The smallest absolute Gasteiger partial charge is 0.367 e. The Bertz CT molecular complexity index is 1280. The van der Waals surface area contributed by atoms with E-state index in [0.29, 0.717) is 6.20 Å². The largest absolute Gasteiger partial charge is 0.417 e. The van der Waals surface area contributed by atoms with E-state index >= 15 is 0 Å². The minimum Gasteiger partial charge on any atom is -0.367 e. The number of benzene rings is 2. The summed E-state index contributed by atoms with van der Waals surface area (Å²) in [6.07, 6.45) is -4.89. The van der Waals surface area contributed by atoms with Crippen molar-refractivity contribution in [2.24, 2.45) is 5.92 Å². The second-order valence-electron chi connectivity index (χ2n) is 8.38. The maximum absolute atomic E-state index is 13.4. The first-order valence-electron chi connectivity index (χ1n) is 11.1. The summed E-state index contributed by atoms with van der Waals surface area (Å²) in [6, 6.07) is 18.8. The van der Waals surface area contributed by atoms with Gasteiger partial charge in [-0.15, -0.1) is 0 Å². The molecule has 2 aliphatic heterocycles. The predicted molar refractivity (Wildman–Crippen MR) is 126 cm³/mol. The summed E-state index contributed by atoms with van der Waals surface area (Å²) in [5, 5.41) is 4.19. The molecule has 36 heavy (non-hydrogen) atoms. The van der Waals surface area contributed by atoms with E-state index in [9.17, 15) is 22.8 Å². The molecule has 0 saturated carbocycles. The van der Waals surface area contributed by atoms with Crippen LogP contribution in [-0.2, 0) is 20.6 Å². The number of nitrogens with one attached hydrogen (secondary N) is 1. The van der Waals surface area contributed by atoms with Crippen LogP contribution in [0, 0.1) is 5.92 Å². The summed E-state index contributed by atoms with van der Waals surface area (Å²) in [5.41, 5.74) is 0.580. The Kier molecular flexibility index (Phi) is 6.31. The molecule has 186 valence electrons. The van der Waals surface area contributed by atoms with Crippen LogP contribution >= 0.6 is 11.6 Å². The zero-order valence-electron chi connectivity index (χ0n) is 18.7. The van der Waals surface area contributed by atoms with E-state index in [-0.39, 0.29) is 29.8 Å². The summed E-state index contributed by atoms with van der Waals surface area (Å²) in [7, 11) is 0. The van der Waals surface area contributed by atoms with Crippen molar-refractivity contribution < 1.29 is 27.6 Å². The van der Waals surface area contributed by atoms with Gasteiger partial charge in [0.2, 0.25) is 5.91 Å². The molecule has 7 nitrogen and oxygen atoms in total. The van der Waals surface area contributed by atoms with Crippen LogP contribution in [0.1, 0.15) is 17.2 Å². The number of likely N-dealkylation sites (tertiary alicyclic amines) is 1. The second kappa shape index (κ2) is 9.44. The summed E-state index contributed by atoms with van der Waals surface area (Å²) in [4.78, 5) is 37.5. The molecule has 3 atom stereocenters. The molecule has 2 aromatic carbocycles. The average Bonchev–Trinajstić information content (AvgIpc) is 3.37. The van der Waals surface area contributed by atoms with Gasteiger partial charge in [0.1, 0.15) is 11.7 Å². The number of nitrogens with zero attached hydrogens (tertiary/aromatic N) is 3. The summed E-state index contributed by atoms with van der Waals surface area (Å²) in [5.74, 6) is -1.59. The van der Waals surface area contributed by atoms with Gasteiger partial charge in [-0.1, -0.05) is 60.1 Å². The van der Waals surface area contributed by atoms with Gasteiger partial charge in [0.25, 0.3) is 5.91 Å². The van der Waals surface area contributed by atoms with E-state index < -0.39 is 35.7 Å². The lowest BCUT2D eigenvalue weighted by Crippen LogP contribution is -2.39. The molecule has 1 aromatic heterocycles. The van der Waals surface area contributed by atoms with E-state index in [1.807, 2.05) is 60.7 Å². The summed E-state index contributed by atoms with van der Waals surface area (Å²) in [6.45, 7) is 0.0211. The number of carbonyl (C=O) groups excluding carboxylic acids is 2. The number of hydroxylamine groups is 1. The standard InChI is InChI=1S/C25H20ClF3N4O3/c26-18-13-16(25(27,28)29)14-31-22(18)30-11-12-32-23(34)19-20(15-7-3-1-4-8-15)33(36-21(19)24(32)35)17-9-5-2-6-10-17/h1-10,13-14,19-21H,11-12H2,(H,30,31)/t19-,20+,21+/m0/s1. The van der Waals surface area contributed by atoms with Crippen molar-refractivity contribution in [3.63, 3.8) is 0 Å². The fraction of sp³-hybridized carbons (Fsp3) is 0.240. The second-order valence-corrected chi connectivity index (χ2v) is 8.78. The normalized spacial score (nSPS) is 21.7. The van der Waals surface area contributed by atoms with Crippen LogP contribution in [0.3, 0.4) is 0 Å². The fourth-order valence-electron chi connectivity index (χ4n) is 4.49. The van der Waals surface area contributed by atoms with E-state index in [1.165, 1.54) is 0 Å². The van der Waals surface area contributed by atoms with Crippen molar-refractivity contribution in [1.29, 1.82) is 0 Å². The highest BCUT2D eigenvalue weighted by Crippen LogP contribution is 2.46. The molecule has 1 N–H and O–H groups in total. The van der Waals surface area contributed by atoms with Gasteiger partial charge in [-0.25, -0.2) is 10.0 Å². The Hall–Kier alpha value is -3.63. The Labute approximate surface area is 209 Å². The molecule has 2 amide bonds. The molecule has 2 saturated heterocycles. The number of fused-ring (bicyclic) bond motifs is 1. The number of anilines is 2. The highest BCUT2D eigenvalue weighted by atomic mass is 35.5. The third kappa shape index (κ3) is 4.38. The molecule has 3 aromatic rings. The molecular weight excluding hydrogens is 497 g/mol. The van der Waals surface area contributed by atoms with Crippen molar-refractivity contribution >= 4 is 34.9 Å². The van der Waals surface area contributed by atoms with Crippen LogP contribution in [0.5, 0.6) is 0 Å². The van der Waals surface area contributed by atoms with Gasteiger partial charge < -0.3 is 5.32 Å². The molecule has 0 unspecified atom stereocenters. The van der Waals surface area contributed by atoms with Crippen LogP contribution in [-0.4, -0.2) is 40.9 Å². The lowest BCUT2D eigenvalue weighted by atomic mass is 9.90. The van der Waals surface area contributed by atoms with E-state index in [4.69, 9.17) is 16.4 Å². The minimum atomic E-state index is -4.57. The van der Waals surface area contributed by atoms with Gasteiger partial charge in [-0.2, -0.15) is 13.2 Å². The summed E-state index contributed by atoms with van der Waals surface area (Å²) >= 11 is 5.93. The average molecular weight is 517 g/mol. The third-order valence-electron chi connectivity index (χ3n) is 6.15. The van der Waals surface area contributed by atoms with Gasteiger partial charge in [-0.05, 0) is 23.8 Å². The number of amides is 2. The first kappa shape index (κ1) is 24.1. The van der Waals surface area contributed by atoms with Crippen LogP contribution in [0.25, 0.3) is 0 Å². The Balaban J connectivity index is 1.33.